The molecule has 0 N–H and O–H groups in total. The van der Waals surface area contributed by atoms with Gasteiger partial charge in [0.2, 0.25) is 5.91 Å². The van der Waals surface area contributed by atoms with Gasteiger partial charge >= 0.3 is 6.18 Å². The van der Waals surface area contributed by atoms with E-state index in [1.54, 1.807) is 11.8 Å². The Bertz CT molecular complexity index is 1080. The number of hydrogen-bond acceptors (Lipinski definition) is 4. The summed E-state index contributed by atoms with van der Waals surface area (Å²) in [5.74, 6) is -0.128. The van der Waals surface area contributed by atoms with Crippen molar-refractivity contribution < 1.29 is 18.0 Å². The molecular formula is C19H16ClF3N4OS. The maximum atomic E-state index is 13.1. The summed E-state index contributed by atoms with van der Waals surface area (Å²) >= 11 is 7.01. The Balaban J connectivity index is 1.62. The fourth-order valence-electron chi connectivity index (χ4n) is 3.36. The molecular weight excluding hydrogens is 425 g/mol. The number of hydrogen-bond donors (Lipinski definition) is 0. The van der Waals surface area contributed by atoms with Crippen molar-refractivity contribution >= 4 is 40.6 Å². The second kappa shape index (κ2) is 7.53. The third-order valence-corrected chi connectivity index (χ3v) is 6.08. The lowest BCUT2D eigenvalue weighted by atomic mass is 10.0. The highest BCUT2D eigenvalue weighted by atomic mass is 35.5. The van der Waals surface area contributed by atoms with E-state index >= 15 is 0 Å². The van der Waals surface area contributed by atoms with Crippen LogP contribution >= 0.6 is 23.4 Å². The maximum absolute atomic E-state index is 13.1. The Kier molecular flexibility index (Phi) is 5.20. The minimum Gasteiger partial charge on any atom is -0.311 e. The molecule has 0 aliphatic carbocycles. The molecule has 0 saturated carbocycles. The average Bonchev–Trinajstić information content (AvgIpc) is 3.09. The summed E-state index contributed by atoms with van der Waals surface area (Å²) in [5.41, 5.74) is 1.20. The highest BCUT2D eigenvalue weighted by Gasteiger charge is 2.33. The van der Waals surface area contributed by atoms with E-state index in [0.717, 1.165) is 48.1 Å². The predicted molar refractivity (Wildman–Crippen MR) is 105 cm³/mol. The van der Waals surface area contributed by atoms with Crippen LogP contribution in [0, 0.1) is 0 Å². The lowest BCUT2D eigenvalue weighted by Gasteiger charge is -2.31. The Hall–Kier alpha value is -2.26. The Morgan fingerprint density at radius 2 is 2.03 bits per heavy atom. The first-order valence-electron chi connectivity index (χ1n) is 8.93. The van der Waals surface area contributed by atoms with Crippen molar-refractivity contribution in [2.75, 3.05) is 11.4 Å². The zero-order chi connectivity index (χ0) is 20.8. The van der Waals surface area contributed by atoms with E-state index in [2.05, 4.69) is 10.2 Å². The number of halogens is 4. The van der Waals surface area contributed by atoms with E-state index in [1.807, 2.05) is 24.3 Å². The van der Waals surface area contributed by atoms with Crippen LogP contribution in [0.1, 0.15) is 24.5 Å². The molecule has 1 aliphatic heterocycles. The highest BCUT2D eigenvalue weighted by Crippen LogP contribution is 2.35. The number of pyridine rings is 1. The Labute approximate surface area is 173 Å². The van der Waals surface area contributed by atoms with Crippen molar-refractivity contribution in [3.63, 3.8) is 0 Å². The number of carbonyl (C=O) groups is 1. The van der Waals surface area contributed by atoms with Crippen molar-refractivity contribution in [3.05, 3.63) is 52.7 Å². The van der Waals surface area contributed by atoms with Gasteiger partial charge in [0.15, 0.2) is 10.8 Å². The first-order chi connectivity index (χ1) is 13.8. The molecule has 1 aromatic carbocycles. The van der Waals surface area contributed by atoms with Gasteiger partial charge in [0.05, 0.1) is 15.8 Å². The van der Waals surface area contributed by atoms with E-state index in [0.29, 0.717) is 6.54 Å². The third kappa shape index (κ3) is 3.81. The number of alkyl halides is 3. The minimum atomic E-state index is -4.55. The van der Waals surface area contributed by atoms with Gasteiger partial charge < -0.3 is 4.90 Å². The number of nitrogens with zero attached hydrogens (tertiary/aromatic N) is 4. The van der Waals surface area contributed by atoms with E-state index in [1.165, 1.54) is 4.40 Å². The summed E-state index contributed by atoms with van der Waals surface area (Å²) in [7, 11) is 0. The number of thioether (sulfide) groups is 1. The minimum absolute atomic E-state index is 0.116. The zero-order valence-corrected chi connectivity index (χ0v) is 16.9. The van der Waals surface area contributed by atoms with Crippen LogP contribution in [0.3, 0.4) is 0 Å². The number of amides is 1. The number of anilines is 1. The zero-order valence-electron chi connectivity index (χ0n) is 15.3. The van der Waals surface area contributed by atoms with E-state index in [9.17, 15) is 18.0 Å². The van der Waals surface area contributed by atoms with Crippen LogP contribution < -0.4 is 4.90 Å². The molecule has 0 radical (unpaired) electrons. The lowest BCUT2D eigenvalue weighted by Crippen LogP contribution is -2.40. The van der Waals surface area contributed by atoms with Gasteiger partial charge in [-0.15, -0.1) is 10.2 Å². The molecule has 1 aliphatic rings. The molecule has 0 spiro atoms. The monoisotopic (exact) mass is 440 g/mol. The van der Waals surface area contributed by atoms with E-state index < -0.39 is 17.0 Å². The molecule has 2 aromatic heterocycles. The summed E-state index contributed by atoms with van der Waals surface area (Å²) in [5, 5.41) is 7.28. The van der Waals surface area contributed by atoms with Gasteiger partial charge in [-0.25, -0.2) is 0 Å². The van der Waals surface area contributed by atoms with Gasteiger partial charge in [0, 0.05) is 18.4 Å². The smallest absolute Gasteiger partial charge is 0.311 e. The van der Waals surface area contributed by atoms with Crippen molar-refractivity contribution in [3.8, 4) is 0 Å². The second-order valence-electron chi connectivity index (χ2n) is 6.73. The molecule has 0 saturated heterocycles. The number of aryl methyl sites for hydroxylation is 1. The van der Waals surface area contributed by atoms with Gasteiger partial charge in [0.25, 0.3) is 0 Å². The SMILES string of the molecule is C[C@@H](Sc1nnc2c(Cl)cc(C(F)(F)F)cn12)C(=O)N1CCCc2ccccc21. The fourth-order valence-corrected chi connectivity index (χ4v) is 4.49. The van der Waals surface area contributed by atoms with Gasteiger partial charge in [-0.3, -0.25) is 9.20 Å². The number of carbonyl (C=O) groups excluding carboxylic acids is 1. The molecule has 1 atom stereocenters. The van der Waals surface area contributed by atoms with Gasteiger partial charge in [-0.05, 0) is 37.5 Å². The summed E-state index contributed by atoms with van der Waals surface area (Å²) in [4.78, 5) is 14.8. The quantitative estimate of drug-likeness (QED) is 0.546. The molecule has 3 aromatic rings. The number of para-hydroxylation sites is 1. The lowest BCUT2D eigenvalue weighted by molar-refractivity contribution is -0.137. The average molecular weight is 441 g/mol. The Morgan fingerprint density at radius 1 is 1.28 bits per heavy atom. The topological polar surface area (TPSA) is 50.5 Å². The third-order valence-electron chi connectivity index (χ3n) is 4.76. The van der Waals surface area contributed by atoms with Crippen LogP contribution in [0.5, 0.6) is 0 Å². The van der Waals surface area contributed by atoms with E-state index in [4.69, 9.17) is 11.6 Å². The predicted octanol–water partition coefficient (Wildman–Crippen LogP) is 4.86. The first kappa shape index (κ1) is 20.0. The van der Waals surface area contributed by atoms with Crippen molar-refractivity contribution in [2.24, 2.45) is 0 Å². The van der Waals surface area contributed by atoms with Gasteiger partial charge in [-0.2, -0.15) is 13.2 Å². The largest absolute Gasteiger partial charge is 0.417 e. The summed E-state index contributed by atoms with van der Waals surface area (Å²) in [6, 6.07) is 8.55. The molecule has 0 unspecified atom stereocenters. The maximum Gasteiger partial charge on any atom is 0.417 e. The number of aromatic nitrogens is 3. The summed E-state index contributed by atoms with van der Waals surface area (Å²) in [6.07, 6.45) is -1.88. The number of benzene rings is 1. The molecule has 29 heavy (non-hydrogen) atoms. The molecule has 4 rings (SSSR count). The highest BCUT2D eigenvalue weighted by molar-refractivity contribution is 8.00. The molecule has 3 heterocycles. The van der Waals surface area contributed by atoms with Crippen LogP contribution in [-0.4, -0.2) is 32.3 Å². The van der Waals surface area contributed by atoms with Crippen molar-refractivity contribution in [1.82, 2.24) is 14.6 Å². The molecule has 0 fully saturated rings. The second-order valence-corrected chi connectivity index (χ2v) is 8.45. The van der Waals surface area contributed by atoms with Crippen LogP contribution in [0.4, 0.5) is 18.9 Å². The summed E-state index contributed by atoms with van der Waals surface area (Å²) in [6.45, 7) is 2.31. The number of rotatable bonds is 3. The van der Waals surface area contributed by atoms with Crippen LogP contribution in [-0.2, 0) is 17.4 Å². The van der Waals surface area contributed by atoms with Crippen molar-refractivity contribution in [1.29, 1.82) is 0 Å². The van der Waals surface area contributed by atoms with Gasteiger partial charge in [-0.1, -0.05) is 41.6 Å². The normalized spacial score (nSPS) is 15.4. The number of fused-ring (bicyclic) bond motifs is 2. The molecule has 1 amide bonds. The van der Waals surface area contributed by atoms with Crippen LogP contribution in [0.2, 0.25) is 5.02 Å². The summed E-state index contributed by atoms with van der Waals surface area (Å²) < 4.78 is 40.6. The van der Waals surface area contributed by atoms with E-state index in [-0.39, 0.29) is 21.7 Å². The Morgan fingerprint density at radius 3 is 2.79 bits per heavy atom. The van der Waals surface area contributed by atoms with Gasteiger partial charge in [0.1, 0.15) is 0 Å². The standard InChI is InChI=1S/C19H16ClF3N4OS/c1-11(17(28)26-8-4-6-12-5-2-3-7-15(12)26)29-18-25-24-16-14(20)9-13(10-27(16)18)19(21,22)23/h2-3,5,7,9-11H,4,6,8H2,1H3/t11-/m1/s1. The first-order valence-corrected chi connectivity index (χ1v) is 10.2. The van der Waals surface area contributed by atoms with Crippen LogP contribution in [0.25, 0.3) is 5.65 Å². The fraction of sp³-hybridized carbons (Fsp3) is 0.316. The van der Waals surface area contributed by atoms with Crippen LogP contribution in [0.15, 0.2) is 41.7 Å². The molecule has 10 heteroatoms. The molecule has 5 nitrogen and oxygen atoms in total. The molecule has 0 bridgehead atoms. The van der Waals surface area contributed by atoms with Crippen molar-refractivity contribution in [2.45, 2.75) is 36.3 Å². The molecule has 152 valence electrons.